The standard InChI is InChI=1S/C16H18BrNO2/c1-3-9-20-16(12-7-5-4-6-8-12)15-13(17)10-18-11-14(15)19-2/h4-8,10-11,16H,3,9H2,1-2H3. The molecule has 1 atom stereocenters. The molecule has 0 radical (unpaired) electrons. The minimum absolute atomic E-state index is 0.163. The molecule has 0 aliphatic rings. The minimum atomic E-state index is -0.163. The number of hydrogen-bond acceptors (Lipinski definition) is 3. The van der Waals surface area contributed by atoms with E-state index in [1.54, 1.807) is 19.5 Å². The van der Waals surface area contributed by atoms with E-state index < -0.39 is 0 Å². The van der Waals surface area contributed by atoms with Crippen LogP contribution in [-0.4, -0.2) is 18.7 Å². The molecule has 0 aliphatic carbocycles. The van der Waals surface area contributed by atoms with Crippen LogP contribution in [0.15, 0.2) is 47.2 Å². The molecule has 0 N–H and O–H groups in total. The first-order chi connectivity index (χ1) is 9.77. The van der Waals surface area contributed by atoms with Crippen molar-refractivity contribution in [3.8, 4) is 5.75 Å². The van der Waals surface area contributed by atoms with E-state index in [0.717, 1.165) is 27.8 Å². The summed E-state index contributed by atoms with van der Waals surface area (Å²) in [5.41, 5.74) is 2.08. The summed E-state index contributed by atoms with van der Waals surface area (Å²) in [6.07, 6.45) is 4.28. The van der Waals surface area contributed by atoms with Crippen LogP contribution < -0.4 is 4.74 Å². The maximum absolute atomic E-state index is 6.05. The van der Waals surface area contributed by atoms with Gasteiger partial charge < -0.3 is 9.47 Å². The van der Waals surface area contributed by atoms with Gasteiger partial charge in [0.2, 0.25) is 0 Å². The van der Waals surface area contributed by atoms with E-state index in [1.165, 1.54) is 0 Å². The zero-order chi connectivity index (χ0) is 14.4. The van der Waals surface area contributed by atoms with Gasteiger partial charge in [-0.25, -0.2) is 0 Å². The lowest BCUT2D eigenvalue weighted by atomic mass is 10.0. The fraction of sp³-hybridized carbons (Fsp3) is 0.312. The molecule has 1 aromatic carbocycles. The van der Waals surface area contributed by atoms with Gasteiger partial charge in [0.05, 0.1) is 13.3 Å². The third-order valence-electron chi connectivity index (χ3n) is 2.98. The molecule has 0 bridgehead atoms. The molecule has 2 rings (SSSR count). The molecule has 1 aromatic heterocycles. The van der Waals surface area contributed by atoms with Crippen molar-refractivity contribution in [3.05, 3.63) is 58.3 Å². The fourth-order valence-corrected chi connectivity index (χ4v) is 2.58. The molecule has 0 amide bonds. The number of pyridine rings is 1. The monoisotopic (exact) mass is 335 g/mol. The highest BCUT2D eigenvalue weighted by Crippen LogP contribution is 2.37. The Labute approximate surface area is 128 Å². The molecule has 0 aliphatic heterocycles. The van der Waals surface area contributed by atoms with Crippen LogP contribution in [0, 0.1) is 0 Å². The average Bonchev–Trinajstić information content (AvgIpc) is 2.50. The van der Waals surface area contributed by atoms with Crippen LogP contribution in [0.2, 0.25) is 0 Å². The minimum Gasteiger partial charge on any atom is -0.495 e. The van der Waals surface area contributed by atoms with Crippen LogP contribution in [-0.2, 0) is 4.74 Å². The van der Waals surface area contributed by atoms with Gasteiger partial charge in [0, 0.05) is 22.8 Å². The van der Waals surface area contributed by atoms with Crippen LogP contribution in [0.5, 0.6) is 5.75 Å². The van der Waals surface area contributed by atoms with Crippen molar-refractivity contribution in [3.63, 3.8) is 0 Å². The van der Waals surface area contributed by atoms with Gasteiger partial charge in [-0.2, -0.15) is 0 Å². The van der Waals surface area contributed by atoms with Crippen LogP contribution in [0.25, 0.3) is 0 Å². The Morgan fingerprint density at radius 1 is 1.20 bits per heavy atom. The zero-order valence-electron chi connectivity index (χ0n) is 11.7. The van der Waals surface area contributed by atoms with Crippen LogP contribution in [0.1, 0.15) is 30.6 Å². The average molecular weight is 336 g/mol. The van der Waals surface area contributed by atoms with Gasteiger partial charge in [0.1, 0.15) is 11.9 Å². The molecule has 4 heteroatoms. The lowest BCUT2D eigenvalue weighted by molar-refractivity contribution is 0.0783. The number of hydrogen-bond donors (Lipinski definition) is 0. The number of ether oxygens (including phenoxy) is 2. The number of nitrogens with zero attached hydrogens (tertiary/aromatic N) is 1. The summed E-state index contributed by atoms with van der Waals surface area (Å²) in [5, 5.41) is 0. The Morgan fingerprint density at radius 3 is 2.60 bits per heavy atom. The molecular formula is C16H18BrNO2. The summed E-state index contributed by atoms with van der Waals surface area (Å²) in [7, 11) is 1.65. The number of halogens is 1. The topological polar surface area (TPSA) is 31.4 Å². The van der Waals surface area contributed by atoms with Crippen LogP contribution in [0.3, 0.4) is 0 Å². The van der Waals surface area contributed by atoms with Crippen LogP contribution >= 0.6 is 15.9 Å². The molecule has 1 unspecified atom stereocenters. The first kappa shape index (κ1) is 15.0. The smallest absolute Gasteiger partial charge is 0.144 e. The first-order valence-corrected chi connectivity index (χ1v) is 7.41. The summed E-state index contributed by atoms with van der Waals surface area (Å²) in [6.45, 7) is 2.79. The van der Waals surface area contributed by atoms with E-state index >= 15 is 0 Å². The Morgan fingerprint density at radius 2 is 1.95 bits per heavy atom. The summed E-state index contributed by atoms with van der Waals surface area (Å²) in [4.78, 5) is 4.14. The third kappa shape index (κ3) is 3.38. The van der Waals surface area contributed by atoms with Gasteiger partial charge in [-0.05, 0) is 27.9 Å². The molecular weight excluding hydrogens is 318 g/mol. The second kappa shape index (κ2) is 7.41. The van der Waals surface area contributed by atoms with E-state index in [0.29, 0.717) is 6.61 Å². The van der Waals surface area contributed by atoms with Gasteiger partial charge in [0.25, 0.3) is 0 Å². The number of rotatable bonds is 6. The highest BCUT2D eigenvalue weighted by molar-refractivity contribution is 9.10. The Balaban J connectivity index is 2.46. The molecule has 106 valence electrons. The maximum atomic E-state index is 6.05. The molecule has 0 fully saturated rings. The third-order valence-corrected chi connectivity index (χ3v) is 3.61. The summed E-state index contributed by atoms with van der Waals surface area (Å²) >= 11 is 3.56. The quantitative estimate of drug-likeness (QED) is 0.785. The summed E-state index contributed by atoms with van der Waals surface area (Å²) in [6, 6.07) is 10.1. The number of benzene rings is 1. The summed E-state index contributed by atoms with van der Waals surface area (Å²) < 4.78 is 12.4. The van der Waals surface area contributed by atoms with Gasteiger partial charge in [0.15, 0.2) is 0 Å². The van der Waals surface area contributed by atoms with Crippen molar-refractivity contribution in [2.24, 2.45) is 0 Å². The van der Waals surface area contributed by atoms with Crippen molar-refractivity contribution < 1.29 is 9.47 Å². The van der Waals surface area contributed by atoms with E-state index in [-0.39, 0.29) is 6.10 Å². The molecule has 0 spiro atoms. The lowest BCUT2D eigenvalue weighted by Crippen LogP contribution is -2.10. The van der Waals surface area contributed by atoms with Crippen molar-refractivity contribution in [1.29, 1.82) is 0 Å². The van der Waals surface area contributed by atoms with Gasteiger partial charge in [-0.1, -0.05) is 37.3 Å². The predicted octanol–water partition coefficient (Wildman–Crippen LogP) is 4.37. The second-order valence-electron chi connectivity index (χ2n) is 4.40. The van der Waals surface area contributed by atoms with Gasteiger partial charge >= 0.3 is 0 Å². The van der Waals surface area contributed by atoms with Gasteiger partial charge in [-0.3, -0.25) is 4.98 Å². The second-order valence-corrected chi connectivity index (χ2v) is 5.25. The fourth-order valence-electron chi connectivity index (χ4n) is 2.05. The number of aromatic nitrogens is 1. The SMILES string of the molecule is CCCOC(c1ccccc1)c1c(Br)cncc1OC. The highest BCUT2D eigenvalue weighted by Gasteiger charge is 2.22. The molecule has 0 saturated heterocycles. The Hall–Kier alpha value is -1.39. The Bertz CT molecular complexity index is 545. The Kier molecular flexibility index (Phi) is 5.56. The first-order valence-electron chi connectivity index (χ1n) is 6.61. The molecule has 1 heterocycles. The highest BCUT2D eigenvalue weighted by atomic mass is 79.9. The van der Waals surface area contributed by atoms with Gasteiger partial charge in [-0.15, -0.1) is 0 Å². The van der Waals surface area contributed by atoms with E-state index in [4.69, 9.17) is 9.47 Å². The van der Waals surface area contributed by atoms with E-state index in [9.17, 15) is 0 Å². The maximum Gasteiger partial charge on any atom is 0.144 e. The molecule has 2 aromatic rings. The normalized spacial score (nSPS) is 12.2. The van der Waals surface area contributed by atoms with Crippen molar-refractivity contribution in [2.75, 3.05) is 13.7 Å². The zero-order valence-corrected chi connectivity index (χ0v) is 13.3. The van der Waals surface area contributed by atoms with Crippen molar-refractivity contribution in [1.82, 2.24) is 4.98 Å². The molecule has 20 heavy (non-hydrogen) atoms. The van der Waals surface area contributed by atoms with E-state index in [1.807, 2.05) is 18.2 Å². The number of methoxy groups -OCH3 is 1. The lowest BCUT2D eigenvalue weighted by Gasteiger charge is -2.21. The van der Waals surface area contributed by atoms with Crippen molar-refractivity contribution in [2.45, 2.75) is 19.4 Å². The largest absolute Gasteiger partial charge is 0.495 e. The molecule has 0 saturated carbocycles. The summed E-state index contributed by atoms with van der Waals surface area (Å²) in [5.74, 6) is 0.726. The van der Waals surface area contributed by atoms with Crippen LogP contribution in [0.4, 0.5) is 0 Å². The predicted molar refractivity (Wildman–Crippen MR) is 83.0 cm³/mol. The van der Waals surface area contributed by atoms with Crippen molar-refractivity contribution >= 4 is 15.9 Å². The van der Waals surface area contributed by atoms with E-state index in [2.05, 4.69) is 40.0 Å². The molecule has 3 nitrogen and oxygen atoms in total.